The minimum atomic E-state index is 0.703. The van der Waals surface area contributed by atoms with Crippen molar-refractivity contribution in [3.05, 3.63) is 58.3 Å². The summed E-state index contributed by atoms with van der Waals surface area (Å²) in [5, 5.41) is 13.1. The Morgan fingerprint density at radius 2 is 2.00 bits per heavy atom. The molecule has 1 aromatic carbocycles. The van der Waals surface area contributed by atoms with Gasteiger partial charge in [0.2, 0.25) is 0 Å². The summed E-state index contributed by atoms with van der Waals surface area (Å²) in [5.74, 6) is 0. The Morgan fingerprint density at radius 3 is 2.60 bits per heavy atom. The first kappa shape index (κ1) is 9.70. The Balaban J connectivity index is 2.38. The molecule has 1 heterocycles. The van der Waals surface area contributed by atoms with E-state index in [-0.39, 0.29) is 0 Å². The Bertz CT molecular complexity index is 489. The maximum Gasteiger partial charge on any atom is 0.0998 e. The van der Waals surface area contributed by atoms with E-state index in [1.54, 1.807) is 11.3 Å². The fourth-order valence-electron chi connectivity index (χ4n) is 1.32. The average molecular weight is 211 g/mol. The molecule has 0 aliphatic carbocycles. The third-order valence-electron chi connectivity index (χ3n) is 2.06. The van der Waals surface area contributed by atoms with Gasteiger partial charge in [0.1, 0.15) is 0 Å². The molecule has 0 aliphatic rings. The third-order valence-corrected chi connectivity index (χ3v) is 2.76. The molecular weight excluding hydrogens is 202 g/mol. The number of nitriles is 1. The molecule has 0 fully saturated rings. The van der Waals surface area contributed by atoms with Crippen molar-refractivity contribution in [2.45, 2.75) is 0 Å². The Labute approximate surface area is 92.9 Å². The van der Waals surface area contributed by atoms with Crippen molar-refractivity contribution in [1.82, 2.24) is 0 Å². The van der Waals surface area contributed by atoms with E-state index in [4.69, 9.17) is 5.26 Å². The molecule has 0 atom stereocenters. The highest BCUT2D eigenvalue weighted by Crippen LogP contribution is 2.18. The van der Waals surface area contributed by atoms with Crippen LogP contribution in [0, 0.1) is 11.3 Å². The lowest BCUT2D eigenvalue weighted by molar-refractivity contribution is 1.52. The first-order valence-corrected chi connectivity index (χ1v) is 5.54. The zero-order chi connectivity index (χ0) is 10.5. The van der Waals surface area contributed by atoms with Crippen molar-refractivity contribution in [2.24, 2.45) is 0 Å². The van der Waals surface area contributed by atoms with Crippen molar-refractivity contribution >= 4 is 23.0 Å². The van der Waals surface area contributed by atoms with Gasteiger partial charge in [-0.15, -0.1) is 0 Å². The molecule has 0 N–H and O–H groups in total. The van der Waals surface area contributed by atoms with Gasteiger partial charge in [0.25, 0.3) is 0 Å². The van der Waals surface area contributed by atoms with E-state index in [9.17, 15) is 0 Å². The SMILES string of the molecule is N#C/C(=C\c1ccsc1)c1ccccc1. The fraction of sp³-hybridized carbons (Fsp3) is 0. The molecule has 2 aromatic rings. The first-order chi connectivity index (χ1) is 7.40. The van der Waals surface area contributed by atoms with Crippen LogP contribution in [0.3, 0.4) is 0 Å². The largest absolute Gasteiger partial charge is 0.192 e. The molecule has 72 valence electrons. The van der Waals surface area contributed by atoms with Gasteiger partial charge in [0.05, 0.1) is 11.6 Å². The number of benzene rings is 1. The molecule has 0 saturated heterocycles. The van der Waals surface area contributed by atoms with Gasteiger partial charge in [-0.3, -0.25) is 0 Å². The van der Waals surface area contributed by atoms with Gasteiger partial charge in [-0.05, 0) is 34.0 Å². The summed E-state index contributed by atoms with van der Waals surface area (Å²) in [5.41, 5.74) is 2.75. The normalized spacial score (nSPS) is 11.0. The maximum absolute atomic E-state index is 9.06. The van der Waals surface area contributed by atoms with Crippen LogP contribution >= 0.6 is 11.3 Å². The van der Waals surface area contributed by atoms with Crippen LogP contribution in [0.15, 0.2) is 47.2 Å². The summed E-state index contributed by atoms with van der Waals surface area (Å²) in [6, 6.07) is 13.9. The highest BCUT2D eigenvalue weighted by atomic mass is 32.1. The van der Waals surface area contributed by atoms with Crippen LogP contribution in [0.2, 0.25) is 0 Å². The molecule has 0 saturated carbocycles. The lowest BCUT2D eigenvalue weighted by atomic mass is 10.1. The standard InChI is InChI=1S/C13H9NS/c14-9-13(8-11-6-7-15-10-11)12-4-2-1-3-5-12/h1-8,10H/b13-8+. The van der Waals surface area contributed by atoms with Crippen LogP contribution in [0.4, 0.5) is 0 Å². The lowest BCUT2D eigenvalue weighted by Crippen LogP contribution is -1.79. The predicted molar refractivity (Wildman–Crippen MR) is 64.2 cm³/mol. The summed E-state index contributed by atoms with van der Waals surface area (Å²) in [7, 11) is 0. The Hall–Kier alpha value is -1.85. The molecule has 0 aliphatic heterocycles. The highest BCUT2D eigenvalue weighted by Gasteiger charge is 1.99. The highest BCUT2D eigenvalue weighted by molar-refractivity contribution is 7.08. The summed E-state index contributed by atoms with van der Waals surface area (Å²) < 4.78 is 0. The molecule has 0 bridgehead atoms. The number of allylic oxidation sites excluding steroid dienone is 1. The summed E-state index contributed by atoms with van der Waals surface area (Å²) in [6.07, 6.45) is 1.91. The van der Waals surface area contributed by atoms with Gasteiger partial charge in [0, 0.05) is 0 Å². The lowest BCUT2D eigenvalue weighted by Gasteiger charge is -1.96. The van der Waals surface area contributed by atoms with E-state index in [0.29, 0.717) is 5.57 Å². The third kappa shape index (κ3) is 2.34. The topological polar surface area (TPSA) is 23.8 Å². The maximum atomic E-state index is 9.06. The minimum absolute atomic E-state index is 0.703. The number of thiophene rings is 1. The predicted octanol–water partition coefficient (Wildman–Crippen LogP) is 3.81. The summed E-state index contributed by atoms with van der Waals surface area (Å²) in [4.78, 5) is 0. The molecule has 2 rings (SSSR count). The molecule has 0 amide bonds. The number of hydrogen-bond acceptors (Lipinski definition) is 2. The molecule has 2 heteroatoms. The zero-order valence-corrected chi connectivity index (χ0v) is 8.87. The Morgan fingerprint density at radius 1 is 1.20 bits per heavy atom. The van der Waals surface area contributed by atoms with E-state index in [0.717, 1.165) is 11.1 Å². The van der Waals surface area contributed by atoms with Gasteiger partial charge in [-0.1, -0.05) is 30.3 Å². The van der Waals surface area contributed by atoms with Crippen molar-refractivity contribution < 1.29 is 0 Å². The molecular formula is C13H9NS. The van der Waals surface area contributed by atoms with E-state index >= 15 is 0 Å². The second kappa shape index (κ2) is 4.59. The number of rotatable bonds is 2. The second-order valence-corrected chi connectivity index (χ2v) is 3.87. The van der Waals surface area contributed by atoms with Gasteiger partial charge >= 0.3 is 0 Å². The van der Waals surface area contributed by atoms with Crippen molar-refractivity contribution in [3.8, 4) is 6.07 Å². The van der Waals surface area contributed by atoms with Gasteiger partial charge < -0.3 is 0 Å². The molecule has 0 unspecified atom stereocenters. The summed E-state index contributed by atoms with van der Waals surface area (Å²) in [6.45, 7) is 0. The zero-order valence-electron chi connectivity index (χ0n) is 8.05. The fourth-order valence-corrected chi connectivity index (χ4v) is 1.94. The molecule has 15 heavy (non-hydrogen) atoms. The Kier molecular flexibility index (Phi) is 2.96. The quantitative estimate of drug-likeness (QED) is 0.693. The molecule has 1 nitrogen and oxygen atoms in total. The monoisotopic (exact) mass is 211 g/mol. The van der Waals surface area contributed by atoms with Gasteiger partial charge in [-0.25, -0.2) is 0 Å². The molecule has 0 radical (unpaired) electrons. The van der Waals surface area contributed by atoms with Gasteiger partial charge in [0.15, 0.2) is 0 Å². The van der Waals surface area contributed by atoms with E-state index in [1.165, 1.54) is 0 Å². The van der Waals surface area contributed by atoms with Gasteiger partial charge in [-0.2, -0.15) is 16.6 Å². The van der Waals surface area contributed by atoms with Crippen LogP contribution in [0.25, 0.3) is 11.6 Å². The van der Waals surface area contributed by atoms with Crippen LogP contribution in [-0.4, -0.2) is 0 Å². The van der Waals surface area contributed by atoms with Crippen LogP contribution in [0.1, 0.15) is 11.1 Å². The van der Waals surface area contributed by atoms with E-state index in [2.05, 4.69) is 6.07 Å². The van der Waals surface area contributed by atoms with Crippen molar-refractivity contribution in [1.29, 1.82) is 5.26 Å². The number of hydrogen-bond donors (Lipinski definition) is 0. The first-order valence-electron chi connectivity index (χ1n) is 4.59. The molecule has 0 spiro atoms. The van der Waals surface area contributed by atoms with Crippen LogP contribution < -0.4 is 0 Å². The second-order valence-electron chi connectivity index (χ2n) is 3.09. The summed E-state index contributed by atoms with van der Waals surface area (Å²) >= 11 is 1.63. The average Bonchev–Trinajstić information content (AvgIpc) is 2.80. The van der Waals surface area contributed by atoms with E-state index in [1.807, 2.05) is 53.2 Å². The number of nitrogens with zero attached hydrogens (tertiary/aromatic N) is 1. The smallest absolute Gasteiger partial charge is 0.0998 e. The van der Waals surface area contributed by atoms with Crippen molar-refractivity contribution in [3.63, 3.8) is 0 Å². The van der Waals surface area contributed by atoms with Crippen LogP contribution in [0.5, 0.6) is 0 Å². The van der Waals surface area contributed by atoms with Crippen molar-refractivity contribution in [2.75, 3.05) is 0 Å². The minimum Gasteiger partial charge on any atom is -0.192 e. The molecule has 1 aromatic heterocycles. The van der Waals surface area contributed by atoms with Crippen LogP contribution in [-0.2, 0) is 0 Å². The van der Waals surface area contributed by atoms with E-state index < -0.39 is 0 Å².